The van der Waals surface area contributed by atoms with E-state index in [0.717, 1.165) is 36.8 Å². The van der Waals surface area contributed by atoms with Crippen LogP contribution in [0, 0.1) is 24.6 Å². The molecule has 0 radical (unpaired) electrons. The summed E-state index contributed by atoms with van der Waals surface area (Å²) in [6.07, 6.45) is 3.33. The van der Waals surface area contributed by atoms with Crippen LogP contribution >= 0.6 is 0 Å². The number of nitrogens with zero attached hydrogens (tertiary/aromatic N) is 3. The van der Waals surface area contributed by atoms with Crippen molar-refractivity contribution in [1.29, 1.82) is 0 Å². The maximum absolute atomic E-state index is 15.3. The van der Waals surface area contributed by atoms with Gasteiger partial charge >= 0.3 is 0 Å². The van der Waals surface area contributed by atoms with Crippen molar-refractivity contribution in [1.82, 2.24) is 10.2 Å². The zero-order valence-corrected chi connectivity index (χ0v) is 24.9. The molecule has 0 spiro atoms. The maximum atomic E-state index is 15.3. The van der Waals surface area contributed by atoms with Gasteiger partial charge in [0.05, 0.1) is 17.4 Å². The molecule has 3 aromatic rings. The van der Waals surface area contributed by atoms with Crippen molar-refractivity contribution >= 4 is 29.1 Å². The van der Waals surface area contributed by atoms with Crippen LogP contribution in [-0.4, -0.2) is 60.2 Å². The molecular weight excluding hydrogens is 557 g/mol. The summed E-state index contributed by atoms with van der Waals surface area (Å²) >= 11 is 0. The number of nitrogens with one attached hydrogen (secondary N) is 1. The summed E-state index contributed by atoms with van der Waals surface area (Å²) < 4.78 is 15.3. The minimum absolute atomic E-state index is 0.147. The molecule has 1 saturated carbocycles. The van der Waals surface area contributed by atoms with Crippen LogP contribution in [0.4, 0.5) is 10.1 Å². The standard InChI is InChI=1S/C35H38FN5O3/c1-22-8-7-12-27-31(26-11-5-6-13-28(26)36)38-33(39-34(43)29(37)18-23-9-3-2-4-10-23)35(44)41(32(22)27)21-30(42)40-19-24-14-15-25(20-40)17-16-24/h2-13,24-25,29,33H,14-21,37H2,1H3,(H,39,43)/t24?,25?,29?,33-/m1/s1. The van der Waals surface area contributed by atoms with Crippen molar-refractivity contribution in [3.63, 3.8) is 0 Å². The fourth-order valence-electron chi connectivity index (χ4n) is 6.77. The van der Waals surface area contributed by atoms with Crippen molar-refractivity contribution in [2.45, 2.75) is 51.2 Å². The number of carbonyl (C=O) groups excluding carboxylic acids is 3. The first-order valence-corrected chi connectivity index (χ1v) is 15.4. The number of anilines is 1. The van der Waals surface area contributed by atoms with Gasteiger partial charge in [0.2, 0.25) is 18.0 Å². The number of nitrogens with two attached hydrogens (primary N) is 1. The van der Waals surface area contributed by atoms with Crippen LogP contribution in [0.15, 0.2) is 77.8 Å². The Labute approximate surface area is 257 Å². The molecule has 3 fully saturated rings. The third-order valence-corrected chi connectivity index (χ3v) is 9.13. The Morgan fingerprint density at radius 2 is 1.57 bits per heavy atom. The Hall–Kier alpha value is -4.37. The summed E-state index contributed by atoms with van der Waals surface area (Å²) in [4.78, 5) is 49.7. The Morgan fingerprint density at radius 1 is 0.932 bits per heavy atom. The molecule has 9 heteroatoms. The molecule has 3 aliphatic heterocycles. The van der Waals surface area contributed by atoms with Gasteiger partial charge in [-0.3, -0.25) is 19.3 Å². The van der Waals surface area contributed by atoms with Gasteiger partial charge in [0, 0.05) is 24.2 Å². The van der Waals surface area contributed by atoms with Gasteiger partial charge in [-0.15, -0.1) is 0 Å². The molecule has 1 unspecified atom stereocenters. The predicted octanol–water partition coefficient (Wildman–Crippen LogP) is 3.98. The molecular formula is C35H38FN5O3. The summed E-state index contributed by atoms with van der Waals surface area (Å²) in [5, 5.41) is 2.73. The van der Waals surface area contributed by atoms with Crippen molar-refractivity contribution < 1.29 is 18.8 Å². The van der Waals surface area contributed by atoms with Gasteiger partial charge in [0.1, 0.15) is 12.4 Å². The summed E-state index contributed by atoms with van der Waals surface area (Å²) in [7, 11) is 0. The Kier molecular flexibility index (Phi) is 8.57. The number of para-hydroxylation sites is 1. The van der Waals surface area contributed by atoms with Crippen molar-refractivity contribution in [2.24, 2.45) is 22.6 Å². The van der Waals surface area contributed by atoms with E-state index in [9.17, 15) is 14.4 Å². The quantitative estimate of drug-likeness (QED) is 0.431. The molecule has 7 rings (SSSR count). The number of aryl methyl sites for hydroxylation is 1. The first-order chi connectivity index (χ1) is 21.3. The first-order valence-electron chi connectivity index (χ1n) is 15.4. The molecule has 4 aliphatic rings. The number of aliphatic imine (C=N–C) groups is 1. The highest BCUT2D eigenvalue weighted by Gasteiger charge is 2.38. The highest BCUT2D eigenvalue weighted by Crippen LogP contribution is 2.35. The lowest BCUT2D eigenvalue weighted by atomic mass is 9.84. The topological polar surface area (TPSA) is 108 Å². The zero-order chi connectivity index (χ0) is 30.8. The fraction of sp³-hybridized carbons (Fsp3) is 0.371. The van der Waals surface area contributed by atoms with Crippen LogP contribution in [-0.2, 0) is 20.8 Å². The molecule has 2 saturated heterocycles. The molecule has 44 heavy (non-hydrogen) atoms. The molecule has 228 valence electrons. The second-order valence-electron chi connectivity index (χ2n) is 12.2. The van der Waals surface area contributed by atoms with E-state index in [-0.39, 0.29) is 30.1 Å². The second-order valence-corrected chi connectivity index (χ2v) is 12.2. The van der Waals surface area contributed by atoms with Gasteiger partial charge in [0.15, 0.2) is 0 Å². The number of hydrogen-bond donors (Lipinski definition) is 2. The molecule has 3 aromatic carbocycles. The highest BCUT2D eigenvalue weighted by atomic mass is 19.1. The van der Waals surface area contributed by atoms with Gasteiger partial charge < -0.3 is 16.0 Å². The molecule has 1 aliphatic carbocycles. The number of fused-ring (bicyclic) bond motifs is 5. The van der Waals surface area contributed by atoms with E-state index in [1.165, 1.54) is 11.0 Å². The normalized spacial score (nSPS) is 22.0. The minimum atomic E-state index is -1.42. The smallest absolute Gasteiger partial charge is 0.272 e. The third-order valence-electron chi connectivity index (χ3n) is 9.13. The lowest BCUT2D eigenvalue weighted by molar-refractivity contribution is -0.132. The van der Waals surface area contributed by atoms with Gasteiger partial charge in [0.25, 0.3) is 5.91 Å². The highest BCUT2D eigenvalue weighted by molar-refractivity contribution is 6.21. The molecule has 8 nitrogen and oxygen atoms in total. The largest absolute Gasteiger partial charge is 0.341 e. The van der Waals surface area contributed by atoms with Crippen LogP contribution in [0.3, 0.4) is 0 Å². The average molecular weight is 596 g/mol. The number of carbonyl (C=O) groups is 3. The molecule has 3 amide bonds. The lowest BCUT2D eigenvalue weighted by Crippen LogP contribution is -2.54. The van der Waals surface area contributed by atoms with Gasteiger partial charge in [-0.2, -0.15) is 0 Å². The van der Waals surface area contributed by atoms with Gasteiger partial charge in [-0.1, -0.05) is 60.7 Å². The second kappa shape index (κ2) is 12.7. The first kappa shape index (κ1) is 29.7. The van der Waals surface area contributed by atoms with Crippen LogP contribution in [0.2, 0.25) is 0 Å². The molecule has 2 bridgehead atoms. The molecule has 3 heterocycles. The van der Waals surface area contributed by atoms with E-state index in [2.05, 4.69) is 5.32 Å². The number of hydrogen-bond acceptors (Lipinski definition) is 5. The van der Waals surface area contributed by atoms with Crippen LogP contribution in [0.25, 0.3) is 0 Å². The van der Waals surface area contributed by atoms with Crippen molar-refractivity contribution in [3.8, 4) is 0 Å². The average Bonchev–Trinajstić information content (AvgIpc) is 3.41. The Morgan fingerprint density at radius 3 is 2.25 bits per heavy atom. The van der Waals surface area contributed by atoms with Crippen LogP contribution in [0.1, 0.15) is 47.9 Å². The predicted molar refractivity (Wildman–Crippen MR) is 168 cm³/mol. The number of halogens is 1. The van der Waals surface area contributed by atoms with E-state index in [1.807, 2.05) is 54.3 Å². The van der Waals surface area contributed by atoms with Gasteiger partial charge in [-0.25, -0.2) is 9.38 Å². The summed E-state index contributed by atoms with van der Waals surface area (Å²) in [5.74, 6) is -0.852. The number of benzene rings is 3. The molecule has 0 aromatic heterocycles. The lowest BCUT2D eigenvalue weighted by Gasteiger charge is -2.30. The minimum Gasteiger partial charge on any atom is -0.341 e. The number of benzodiazepines with no additional fused rings is 1. The summed E-state index contributed by atoms with van der Waals surface area (Å²) in [6.45, 7) is 3.01. The van der Waals surface area contributed by atoms with Crippen molar-refractivity contribution in [2.75, 3.05) is 24.5 Å². The van der Waals surface area contributed by atoms with Crippen molar-refractivity contribution in [3.05, 3.63) is 101 Å². The molecule has 3 N–H and O–H groups in total. The van der Waals surface area contributed by atoms with Crippen LogP contribution in [0.5, 0.6) is 0 Å². The third kappa shape index (κ3) is 6.15. The number of rotatable bonds is 7. The van der Waals surface area contributed by atoms with E-state index in [4.69, 9.17) is 10.7 Å². The zero-order valence-electron chi connectivity index (χ0n) is 24.9. The SMILES string of the molecule is Cc1cccc2c1N(CC(=O)N1CC3CCC(CC3)C1)C(=O)[C@@H](NC(=O)C(N)Cc1ccccc1)N=C2c1ccccc1F. The van der Waals surface area contributed by atoms with Crippen LogP contribution < -0.4 is 16.0 Å². The fourth-order valence-corrected chi connectivity index (χ4v) is 6.77. The summed E-state index contributed by atoms with van der Waals surface area (Å²) in [6, 6.07) is 20.1. The Bertz CT molecular complexity index is 1570. The molecule has 2 atom stereocenters. The maximum Gasteiger partial charge on any atom is 0.272 e. The van der Waals surface area contributed by atoms with Gasteiger partial charge in [-0.05, 0) is 74.1 Å². The summed E-state index contributed by atoms with van der Waals surface area (Å²) in [5.41, 5.74) is 9.30. The monoisotopic (exact) mass is 595 g/mol. The van der Waals surface area contributed by atoms with E-state index in [0.29, 0.717) is 36.2 Å². The Balaban J connectivity index is 1.37. The van der Waals surface area contributed by atoms with E-state index in [1.54, 1.807) is 24.3 Å². The van der Waals surface area contributed by atoms with E-state index >= 15 is 4.39 Å². The number of amides is 3. The van der Waals surface area contributed by atoms with E-state index < -0.39 is 29.8 Å².